The van der Waals surface area contributed by atoms with Gasteiger partial charge in [0.05, 0.1) is 34.4 Å². The van der Waals surface area contributed by atoms with Crippen molar-refractivity contribution in [2.75, 3.05) is 20.6 Å². The molecule has 2 aliphatic heterocycles. The molecule has 0 spiro atoms. The van der Waals surface area contributed by atoms with Gasteiger partial charge in [0.15, 0.2) is 0 Å². The fourth-order valence-electron chi connectivity index (χ4n) is 5.62. The summed E-state index contributed by atoms with van der Waals surface area (Å²) < 4.78 is 60.4. The Bertz CT molecular complexity index is 2000. The third-order valence-electron chi connectivity index (χ3n) is 7.95. The monoisotopic (exact) mass is 711 g/mol. The number of carbonyl (C=O) groups excluding carboxylic acids is 3. The van der Waals surface area contributed by atoms with E-state index < -0.39 is 73.5 Å². The van der Waals surface area contributed by atoms with Gasteiger partial charge in [-0.25, -0.2) is 19.2 Å². The van der Waals surface area contributed by atoms with Crippen molar-refractivity contribution in [3.05, 3.63) is 68.7 Å². The van der Waals surface area contributed by atoms with Crippen molar-refractivity contribution in [1.82, 2.24) is 27.4 Å². The van der Waals surface area contributed by atoms with Crippen LogP contribution in [0, 0.1) is 22.0 Å². The molecule has 0 aliphatic carbocycles. The summed E-state index contributed by atoms with van der Waals surface area (Å²) in [5.74, 6) is -3.56. The van der Waals surface area contributed by atoms with Crippen molar-refractivity contribution in [3.8, 4) is 0 Å². The van der Waals surface area contributed by atoms with Gasteiger partial charge >= 0.3 is 5.97 Å². The van der Waals surface area contributed by atoms with Crippen LogP contribution in [0.15, 0.2) is 42.5 Å². The SMILES string of the molecule is CNS(=O)(=O)N(CC(=O)c1ncn2cc(C3=C(C(=O)OCc4ccc([N+](=O)[O-])cc4)N4C(=O)[C@H]([C@@H](C)O)[C@H]4[C@H]3C)sc12)S(=O)(=O)NC. The Morgan fingerprint density at radius 3 is 2.34 bits per heavy atom. The zero-order valence-electron chi connectivity index (χ0n) is 25.2. The Balaban J connectivity index is 1.51. The molecular formula is C26H29N7O11S3. The Kier molecular flexibility index (Phi) is 9.09. The zero-order chi connectivity index (χ0) is 34.6. The van der Waals surface area contributed by atoms with E-state index in [1.54, 1.807) is 13.1 Å². The summed E-state index contributed by atoms with van der Waals surface area (Å²) in [6, 6.07) is 4.80. The van der Waals surface area contributed by atoms with Gasteiger partial charge < -0.3 is 14.7 Å². The summed E-state index contributed by atoms with van der Waals surface area (Å²) in [6.45, 7) is 1.88. The standard InChI is InChI=1S/C26H29N7O11S3/c1-13-19(18-10-30-12-29-21(25(30)45-18)17(35)9-31(46(40,41)27-3)47(42,43)28-4)23(32-22(13)20(14(2)34)24(32)36)26(37)44-11-15-5-7-16(8-6-15)33(38)39/h5-8,10,12-14,20,22,27-28,34H,9,11H2,1-4H3/t13-,14+,20+,22+/m0/s1. The minimum Gasteiger partial charge on any atom is -0.456 e. The fraction of sp³-hybridized carbons (Fsp3) is 0.385. The van der Waals surface area contributed by atoms with Crippen LogP contribution in [0.3, 0.4) is 0 Å². The van der Waals surface area contributed by atoms with Crippen LogP contribution in [-0.2, 0) is 41.4 Å². The van der Waals surface area contributed by atoms with Gasteiger partial charge in [0.2, 0.25) is 11.7 Å². The molecule has 1 fully saturated rings. The first-order valence-electron chi connectivity index (χ1n) is 13.8. The molecule has 18 nitrogen and oxygen atoms in total. The van der Waals surface area contributed by atoms with Crippen molar-refractivity contribution in [2.24, 2.45) is 11.8 Å². The molecule has 252 valence electrons. The maximum absolute atomic E-state index is 13.6. The number of thiazole rings is 1. The lowest BCUT2D eigenvalue weighted by Gasteiger charge is -2.46. The number of fused-ring (bicyclic) bond motifs is 2. The largest absolute Gasteiger partial charge is 0.456 e. The number of non-ortho nitro benzene ring substituents is 1. The molecule has 3 aromatic rings. The number of amides is 1. The lowest BCUT2D eigenvalue weighted by atomic mass is 9.77. The number of nitro benzene ring substituents is 1. The van der Waals surface area contributed by atoms with E-state index in [4.69, 9.17) is 4.74 Å². The summed E-state index contributed by atoms with van der Waals surface area (Å²) in [7, 11) is -7.27. The van der Waals surface area contributed by atoms with Crippen LogP contribution >= 0.6 is 11.3 Å². The minimum atomic E-state index is -4.62. The Hall–Kier alpha value is -4.12. The normalized spacial score (nSPS) is 20.4. The second-order valence-electron chi connectivity index (χ2n) is 10.7. The van der Waals surface area contributed by atoms with E-state index in [0.717, 1.165) is 25.4 Å². The number of aliphatic hydroxyl groups is 1. The van der Waals surface area contributed by atoms with Crippen molar-refractivity contribution in [3.63, 3.8) is 0 Å². The van der Waals surface area contributed by atoms with Gasteiger partial charge in [-0.3, -0.25) is 24.1 Å². The number of nitrogens with one attached hydrogen (secondary N) is 2. The van der Waals surface area contributed by atoms with Gasteiger partial charge in [-0.15, -0.1) is 11.3 Å². The number of nitro groups is 1. The Labute approximate surface area is 272 Å². The van der Waals surface area contributed by atoms with Crippen LogP contribution in [0.4, 0.5) is 5.69 Å². The molecule has 4 atom stereocenters. The molecule has 5 rings (SSSR count). The average molecular weight is 712 g/mol. The Morgan fingerprint density at radius 2 is 1.79 bits per heavy atom. The molecule has 2 aliphatic rings. The van der Waals surface area contributed by atoms with Crippen molar-refractivity contribution in [1.29, 1.82) is 0 Å². The molecule has 3 N–H and O–H groups in total. The number of hydrogen-bond acceptors (Lipinski definition) is 13. The number of nitrogens with zero attached hydrogens (tertiary/aromatic N) is 5. The topological polar surface area (TPSA) is 240 Å². The van der Waals surface area contributed by atoms with E-state index in [1.165, 1.54) is 46.8 Å². The molecule has 1 saturated heterocycles. The third kappa shape index (κ3) is 5.94. The molecule has 4 heterocycles. The first-order valence-corrected chi connectivity index (χ1v) is 17.5. The van der Waals surface area contributed by atoms with E-state index in [0.29, 0.717) is 16.0 Å². The number of aliphatic hydroxyl groups excluding tert-OH is 1. The summed E-state index contributed by atoms with van der Waals surface area (Å²) in [4.78, 5) is 56.4. The predicted molar refractivity (Wildman–Crippen MR) is 165 cm³/mol. The molecule has 47 heavy (non-hydrogen) atoms. The summed E-state index contributed by atoms with van der Waals surface area (Å²) in [5.41, 5.74) is 0.403. The second kappa shape index (κ2) is 12.5. The molecular weight excluding hydrogens is 683 g/mol. The van der Waals surface area contributed by atoms with Crippen LogP contribution < -0.4 is 9.44 Å². The molecule has 0 radical (unpaired) electrons. The number of aromatic nitrogens is 2. The first-order chi connectivity index (χ1) is 22.0. The lowest BCUT2D eigenvalue weighted by Crippen LogP contribution is -2.63. The van der Waals surface area contributed by atoms with Crippen LogP contribution in [0.2, 0.25) is 0 Å². The molecule has 0 bridgehead atoms. The highest BCUT2D eigenvalue weighted by Gasteiger charge is 2.60. The predicted octanol–water partition coefficient (Wildman–Crippen LogP) is 0.0291. The van der Waals surface area contributed by atoms with Crippen LogP contribution in [0.5, 0.6) is 0 Å². The zero-order valence-corrected chi connectivity index (χ0v) is 27.6. The van der Waals surface area contributed by atoms with Gasteiger partial charge in [-0.2, -0.15) is 16.8 Å². The summed E-state index contributed by atoms with van der Waals surface area (Å²) in [6.07, 6.45) is 1.80. The Morgan fingerprint density at radius 1 is 1.17 bits per heavy atom. The van der Waals surface area contributed by atoms with E-state index >= 15 is 0 Å². The average Bonchev–Trinajstić information content (AvgIpc) is 3.68. The molecule has 0 unspecified atom stereocenters. The first kappa shape index (κ1) is 34.2. The fourth-order valence-corrected chi connectivity index (χ4v) is 9.32. The van der Waals surface area contributed by atoms with Gasteiger partial charge in [0, 0.05) is 43.9 Å². The van der Waals surface area contributed by atoms with Crippen molar-refractivity contribution in [2.45, 2.75) is 32.6 Å². The number of esters is 1. The highest BCUT2D eigenvalue weighted by atomic mass is 32.3. The number of benzene rings is 1. The van der Waals surface area contributed by atoms with Gasteiger partial charge in [-0.05, 0) is 24.6 Å². The van der Waals surface area contributed by atoms with E-state index in [1.807, 2.05) is 9.44 Å². The third-order valence-corrected chi connectivity index (χ3v) is 12.6. The summed E-state index contributed by atoms with van der Waals surface area (Å²) >= 11 is 0.997. The highest BCUT2D eigenvalue weighted by molar-refractivity contribution is 8.02. The van der Waals surface area contributed by atoms with Crippen LogP contribution in [-0.4, -0.2) is 95.3 Å². The number of Topliss-reactive ketones (excluding diaryl/α,β-unsaturated/α-hetero) is 1. The lowest BCUT2D eigenvalue weighted by molar-refractivity contribution is -0.384. The number of ketones is 1. The molecule has 21 heteroatoms. The highest BCUT2D eigenvalue weighted by Crippen LogP contribution is 2.52. The minimum absolute atomic E-state index is 0.0323. The second-order valence-corrected chi connectivity index (χ2v) is 15.5. The number of β-lactam (4-membered cyclic amide) rings is 1. The number of carbonyl (C=O) groups is 3. The molecule has 1 aromatic carbocycles. The van der Waals surface area contributed by atoms with Crippen LogP contribution in [0.1, 0.15) is 34.8 Å². The molecule has 1 amide bonds. The van der Waals surface area contributed by atoms with Gasteiger partial charge in [-0.1, -0.05) is 10.6 Å². The molecule has 2 aromatic heterocycles. The number of hydrogen-bond donors (Lipinski definition) is 3. The maximum atomic E-state index is 13.6. The van der Waals surface area contributed by atoms with Gasteiger partial charge in [0.25, 0.3) is 26.1 Å². The van der Waals surface area contributed by atoms with E-state index in [9.17, 15) is 46.4 Å². The van der Waals surface area contributed by atoms with Crippen LogP contribution in [0.25, 0.3) is 10.4 Å². The summed E-state index contributed by atoms with van der Waals surface area (Å²) in [5, 5.41) is 21.3. The smallest absolute Gasteiger partial charge is 0.355 e. The van der Waals surface area contributed by atoms with E-state index in [-0.39, 0.29) is 32.2 Å². The maximum Gasteiger partial charge on any atom is 0.355 e. The van der Waals surface area contributed by atoms with E-state index in [2.05, 4.69) is 4.98 Å². The van der Waals surface area contributed by atoms with Gasteiger partial charge in [0.1, 0.15) is 29.2 Å². The quantitative estimate of drug-likeness (QED) is 0.0700. The number of ether oxygens (including phenoxy) is 1. The number of imidazole rings is 1. The van der Waals surface area contributed by atoms with Crippen molar-refractivity contribution < 1.29 is 46.0 Å². The molecule has 0 saturated carbocycles. The van der Waals surface area contributed by atoms with Crippen molar-refractivity contribution >= 4 is 65.5 Å². The number of rotatable bonds is 13.